The summed E-state index contributed by atoms with van der Waals surface area (Å²) in [5.74, 6) is 0. The van der Waals surface area contributed by atoms with Crippen LogP contribution in [0.15, 0.2) is 12.4 Å². The van der Waals surface area contributed by atoms with Gasteiger partial charge in [0.1, 0.15) is 0 Å². The summed E-state index contributed by atoms with van der Waals surface area (Å²) in [5, 5.41) is 9.38. The van der Waals surface area contributed by atoms with Gasteiger partial charge in [-0.05, 0) is 23.4 Å². The quantitative estimate of drug-likeness (QED) is 0.841. The van der Waals surface area contributed by atoms with E-state index in [1.807, 2.05) is 0 Å². The Morgan fingerprint density at radius 1 is 1.55 bits per heavy atom. The molecule has 0 spiro atoms. The summed E-state index contributed by atoms with van der Waals surface area (Å²) in [7, 11) is 0. The Kier molecular flexibility index (Phi) is 3.30. The first-order chi connectivity index (χ1) is 9.48. The maximum Gasteiger partial charge on any atom is 0.407 e. The van der Waals surface area contributed by atoms with Crippen LogP contribution < -0.4 is 0 Å². The predicted molar refractivity (Wildman–Crippen MR) is 73.6 cm³/mol. The Morgan fingerprint density at radius 3 is 2.90 bits per heavy atom. The fourth-order valence-corrected chi connectivity index (χ4v) is 3.37. The third-order valence-electron chi connectivity index (χ3n) is 4.49. The number of amides is 1. The number of carbonyl (C=O) groups is 1. The second-order valence-corrected chi connectivity index (χ2v) is 6.25. The van der Waals surface area contributed by atoms with E-state index in [1.54, 1.807) is 12.4 Å². The van der Waals surface area contributed by atoms with Crippen molar-refractivity contribution >= 4 is 17.7 Å². The van der Waals surface area contributed by atoms with Gasteiger partial charge in [0.25, 0.3) is 0 Å². The number of piperidine rings is 1. The lowest BCUT2D eigenvalue weighted by atomic mass is 9.68. The molecule has 1 amide bonds. The standard InChI is InChI=1S/C13H17ClN4O2/c1-13-2-3-17(12(19)20)7-10(13)18(8-13)6-9-4-15-11(14)16-5-9/h4-5,10H,2-3,6-8H2,1H3,(H,19,20)/t10-,13-/m1/s1. The number of fused-ring (bicyclic) bond motifs is 1. The molecule has 2 aliphatic rings. The molecular formula is C13H17ClN4O2. The smallest absolute Gasteiger partial charge is 0.407 e. The molecule has 2 fully saturated rings. The van der Waals surface area contributed by atoms with Crippen molar-refractivity contribution in [3.8, 4) is 0 Å². The topological polar surface area (TPSA) is 69.6 Å². The SMILES string of the molecule is C[C@]12CCN(C(=O)O)C[C@H]1N(Cc1cnc(Cl)nc1)C2. The molecule has 7 heteroatoms. The Bertz CT molecular complexity index is 524. The molecule has 0 saturated carbocycles. The molecule has 1 aromatic heterocycles. The first-order valence-corrected chi connectivity index (χ1v) is 7.04. The van der Waals surface area contributed by atoms with E-state index in [4.69, 9.17) is 16.7 Å². The van der Waals surface area contributed by atoms with Crippen molar-refractivity contribution in [2.45, 2.75) is 25.9 Å². The van der Waals surface area contributed by atoms with Crippen molar-refractivity contribution < 1.29 is 9.90 Å². The normalized spacial score (nSPS) is 29.7. The number of halogens is 1. The van der Waals surface area contributed by atoms with Gasteiger partial charge in [-0.3, -0.25) is 4.90 Å². The van der Waals surface area contributed by atoms with Crippen LogP contribution >= 0.6 is 11.6 Å². The number of nitrogens with zero attached hydrogens (tertiary/aromatic N) is 4. The molecule has 108 valence electrons. The Morgan fingerprint density at radius 2 is 2.25 bits per heavy atom. The second-order valence-electron chi connectivity index (χ2n) is 5.91. The maximum atomic E-state index is 11.1. The summed E-state index contributed by atoms with van der Waals surface area (Å²) in [5.41, 5.74) is 1.24. The fraction of sp³-hybridized carbons (Fsp3) is 0.615. The van der Waals surface area contributed by atoms with E-state index < -0.39 is 6.09 Å². The lowest BCUT2D eigenvalue weighted by molar-refractivity contribution is -0.110. The summed E-state index contributed by atoms with van der Waals surface area (Å²) in [6.07, 6.45) is 3.55. The molecule has 2 atom stereocenters. The van der Waals surface area contributed by atoms with E-state index in [0.717, 1.165) is 25.1 Å². The van der Waals surface area contributed by atoms with Gasteiger partial charge in [0.05, 0.1) is 0 Å². The number of hydrogen-bond donors (Lipinski definition) is 1. The van der Waals surface area contributed by atoms with Gasteiger partial charge in [0, 0.05) is 50.2 Å². The average Bonchev–Trinajstić information content (AvgIpc) is 2.39. The lowest BCUT2D eigenvalue weighted by Gasteiger charge is -2.60. The van der Waals surface area contributed by atoms with Gasteiger partial charge >= 0.3 is 6.09 Å². The lowest BCUT2D eigenvalue weighted by Crippen LogP contribution is -2.69. The molecule has 2 aliphatic heterocycles. The van der Waals surface area contributed by atoms with Crippen LogP contribution in [0.1, 0.15) is 18.9 Å². The fourth-order valence-electron chi connectivity index (χ4n) is 3.27. The molecule has 20 heavy (non-hydrogen) atoms. The van der Waals surface area contributed by atoms with Crippen LogP contribution in [0.4, 0.5) is 4.79 Å². The van der Waals surface area contributed by atoms with Crippen molar-refractivity contribution in [3.05, 3.63) is 23.2 Å². The second kappa shape index (κ2) is 4.86. The average molecular weight is 297 g/mol. The number of carboxylic acid groups (broad SMARTS) is 1. The third-order valence-corrected chi connectivity index (χ3v) is 4.68. The third kappa shape index (κ3) is 2.33. The molecular weight excluding hydrogens is 280 g/mol. The highest BCUT2D eigenvalue weighted by Gasteiger charge is 2.52. The van der Waals surface area contributed by atoms with Crippen molar-refractivity contribution in [3.63, 3.8) is 0 Å². The van der Waals surface area contributed by atoms with E-state index in [9.17, 15) is 4.79 Å². The molecule has 0 radical (unpaired) electrons. The van der Waals surface area contributed by atoms with Gasteiger partial charge in [-0.1, -0.05) is 6.92 Å². The molecule has 0 aromatic carbocycles. The summed E-state index contributed by atoms with van der Waals surface area (Å²) in [6.45, 7) is 5.20. The monoisotopic (exact) mass is 296 g/mol. The van der Waals surface area contributed by atoms with Crippen LogP contribution in [0.2, 0.25) is 5.28 Å². The van der Waals surface area contributed by atoms with Crippen molar-refractivity contribution in [1.29, 1.82) is 0 Å². The number of aromatic nitrogens is 2. The van der Waals surface area contributed by atoms with Crippen LogP contribution in [0.5, 0.6) is 0 Å². The number of likely N-dealkylation sites (tertiary alicyclic amines) is 2. The Balaban J connectivity index is 1.67. The van der Waals surface area contributed by atoms with Crippen LogP contribution in [0.25, 0.3) is 0 Å². The summed E-state index contributed by atoms with van der Waals surface area (Å²) in [4.78, 5) is 22.9. The highest BCUT2D eigenvalue weighted by atomic mass is 35.5. The molecule has 2 saturated heterocycles. The van der Waals surface area contributed by atoms with Crippen molar-refractivity contribution in [2.75, 3.05) is 19.6 Å². The van der Waals surface area contributed by atoms with Crippen molar-refractivity contribution in [1.82, 2.24) is 19.8 Å². The van der Waals surface area contributed by atoms with Gasteiger partial charge in [-0.2, -0.15) is 0 Å². The minimum absolute atomic E-state index is 0.235. The van der Waals surface area contributed by atoms with Gasteiger partial charge in [0.2, 0.25) is 5.28 Å². The minimum Gasteiger partial charge on any atom is -0.465 e. The summed E-state index contributed by atoms with van der Waals surface area (Å²) >= 11 is 5.68. The largest absolute Gasteiger partial charge is 0.465 e. The molecule has 0 aliphatic carbocycles. The van der Waals surface area contributed by atoms with Gasteiger partial charge in [0.15, 0.2) is 0 Å². The van der Waals surface area contributed by atoms with Crippen molar-refractivity contribution in [2.24, 2.45) is 5.41 Å². The van der Waals surface area contributed by atoms with E-state index in [-0.39, 0.29) is 16.7 Å². The predicted octanol–water partition coefficient (Wildman–Crippen LogP) is 1.70. The van der Waals surface area contributed by atoms with Crippen LogP contribution in [0.3, 0.4) is 0 Å². The van der Waals surface area contributed by atoms with Crippen LogP contribution in [-0.4, -0.2) is 56.6 Å². The molecule has 0 unspecified atom stereocenters. The Hall–Kier alpha value is -1.40. The molecule has 1 aromatic rings. The zero-order valence-corrected chi connectivity index (χ0v) is 12.0. The summed E-state index contributed by atoms with van der Waals surface area (Å²) in [6, 6.07) is 0.281. The molecule has 6 nitrogen and oxygen atoms in total. The van der Waals surface area contributed by atoms with Gasteiger partial charge < -0.3 is 10.0 Å². The number of rotatable bonds is 2. The summed E-state index contributed by atoms with van der Waals surface area (Å²) < 4.78 is 0. The van der Waals surface area contributed by atoms with E-state index in [2.05, 4.69) is 21.8 Å². The molecule has 3 heterocycles. The first-order valence-electron chi connectivity index (χ1n) is 6.66. The van der Waals surface area contributed by atoms with Gasteiger partial charge in [-0.15, -0.1) is 0 Å². The van der Waals surface area contributed by atoms with E-state index >= 15 is 0 Å². The van der Waals surface area contributed by atoms with E-state index in [1.165, 1.54) is 4.90 Å². The first kappa shape index (κ1) is 13.6. The highest BCUT2D eigenvalue weighted by Crippen LogP contribution is 2.44. The number of hydrogen-bond acceptors (Lipinski definition) is 4. The highest BCUT2D eigenvalue weighted by molar-refractivity contribution is 6.28. The molecule has 1 N–H and O–H groups in total. The van der Waals surface area contributed by atoms with E-state index in [0.29, 0.717) is 13.1 Å². The van der Waals surface area contributed by atoms with Crippen LogP contribution in [-0.2, 0) is 6.54 Å². The van der Waals surface area contributed by atoms with Gasteiger partial charge in [-0.25, -0.2) is 14.8 Å². The zero-order valence-electron chi connectivity index (χ0n) is 11.3. The minimum atomic E-state index is -0.825. The molecule has 0 bridgehead atoms. The maximum absolute atomic E-state index is 11.1. The Labute approximate surface area is 122 Å². The zero-order chi connectivity index (χ0) is 14.3. The molecule has 3 rings (SSSR count). The van der Waals surface area contributed by atoms with Crippen LogP contribution in [0, 0.1) is 5.41 Å².